The van der Waals surface area contributed by atoms with Crippen LogP contribution in [0, 0.1) is 6.92 Å². The van der Waals surface area contributed by atoms with Crippen LogP contribution in [0.2, 0.25) is 0 Å². The molecule has 0 aliphatic heterocycles. The number of hydrogen-bond acceptors (Lipinski definition) is 3. The average molecular weight is 347 g/mol. The van der Waals surface area contributed by atoms with E-state index < -0.39 is 0 Å². The van der Waals surface area contributed by atoms with Crippen molar-refractivity contribution in [2.45, 2.75) is 13.3 Å². The highest BCUT2D eigenvalue weighted by Gasteiger charge is 2.16. The summed E-state index contributed by atoms with van der Waals surface area (Å²) in [4.78, 5) is 14.9. The van der Waals surface area contributed by atoms with Crippen LogP contribution < -0.4 is 16.2 Å². The molecule has 0 amide bonds. The van der Waals surface area contributed by atoms with Crippen LogP contribution >= 0.6 is 12.2 Å². The van der Waals surface area contributed by atoms with Crippen molar-refractivity contribution in [1.29, 1.82) is 0 Å². The number of aromatic nitrogens is 2. The van der Waals surface area contributed by atoms with Crippen molar-refractivity contribution in [3.05, 3.63) is 46.4 Å². The Bertz CT molecular complexity index is 748. The third-order valence-electron chi connectivity index (χ3n) is 3.86. The lowest BCUT2D eigenvalue weighted by atomic mass is 10.3. The van der Waals surface area contributed by atoms with Crippen LogP contribution in [0.1, 0.15) is 12.1 Å². The van der Waals surface area contributed by atoms with Gasteiger partial charge in [0.2, 0.25) is 0 Å². The molecule has 0 saturated carbocycles. The van der Waals surface area contributed by atoms with E-state index in [1.165, 1.54) is 0 Å². The molecule has 0 fully saturated rings. The molecule has 2 N–H and O–H groups in total. The van der Waals surface area contributed by atoms with E-state index in [1.807, 2.05) is 63.1 Å². The largest absolute Gasteiger partial charge is 0.362 e. The molecular formula is C17H25N5OS. The summed E-state index contributed by atoms with van der Waals surface area (Å²) in [5.74, 6) is 0. The molecule has 0 unspecified atom stereocenters. The fourth-order valence-corrected chi connectivity index (χ4v) is 2.67. The maximum absolute atomic E-state index is 12.8. The Morgan fingerprint density at radius 2 is 1.92 bits per heavy atom. The zero-order valence-electron chi connectivity index (χ0n) is 14.7. The van der Waals surface area contributed by atoms with Gasteiger partial charge in [-0.3, -0.25) is 9.48 Å². The zero-order valence-corrected chi connectivity index (χ0v) is 15.5. The molecule has 0 atom stereocenters. The number of thiocarbonyl (C=S) groups is 1. The number of rotatable bonds is 6. The van der Waals surface area contributed by atoms with Gasteiger partial charge in [0.05, 0.1) is 11.4 Å². The summed E-state index contributed by atoms with van der Waals surface area (Å²) in [6, 6.07) is 9.56. The molecule has 7 heteroatoms. The van der Waals surface area contributed by atoms with Gasteiger partial charge in [0.15, 0.2) is 5.11 Å². The van der Waals surface area contributed by atoms with Crippen molar-refractivity contribution in [2.24, 2.45) is 7.05 Å². The summed E-state index contributed by atoms with van der Waals surface area (Å²) in [7, 11) is 5.94. The van der Waals surface area contributed by atoms with Crippen molar-refractivity contribution >= 4 is 23.0 Å². The molecule has 0 aliphatic carbocycles. The van der Waals surface area contributed by atoms with Crippen molar-refractivity contribution in [3.8, 4) is 5.69 Å². The fraction of sp³-hybridized carbons (Fsp3) is 0.412. The smallest absolute Gasteiger partial charge is 0.295 e. The van der Waals surface area contributed by atoms with Gasteiger partial charge in [0.25, 0.3) is 5.56 Å². The number of benzene rings is 1. The Morgan fingerprint density at radius 3 is 2.54 bits per heavy atom. The van der Waals surface area contributed by atoms with Crippen molar-refractivity contribution in [3.63, 3.8) is 0 Å². The minimum Gasteiger partial charge on any atom is -0.362 e. The molecule has 24 heavy (non-hydrogen) atoms. The first kappa shape index (κ1) is 18.2. The van der Waals surface area contributed by atoms with Gasteiger partial charge >= 0.3 is 0 Å². The van der Waals surface area contributed by atoms with Gasteiger partial charge in [0.1, 0.15) is 5.69 Å². The lowest BCUT2D eigenvalue weighted by Crippen LogP contribution is -2.32. The molecule has 0 spiro atoms. The maximum atomic E-state index is 12.8. The van der Waals surface area contributed by atoms with Gasteiger partial charge in [-0.1, -0.05) is 18.2 Å². The summed E-state index contributed by atoms with van der Waals surface area (Å²) < 4.78 is 3.46. The Labute approximate surface area is 148 Å². The standard InChI is InChI=1S/C17H25N5OS/c1-13-15(19-17(24)18-11-8-12-20(2)3)16(23)22(21(13)4)14-9-6-5-7-10-14/h5-7,9-10H,8,11-12H2,1-4H3,(H2,18,19,24). The first-order chi connectivity index (χ1) is 11.4. The van der Waals surface area contributed by atoms with E-state index in [9.17, 15) is 4.79 Å². The average Bonchev–Trinajstić information content (AvgIpc) is 2.76. The molecule has 2 rings (SSSR count). The van der Waals surface area contributed by atoms with E-state index in [-0.39, 0.29) is 5.56 Å². The predicted octanol–water partition coefficient (Wildman–Crippen LogP) is 1.72. The minimum atomic E-state index is -0.112. The van der Waals surface area contributed by atoms with Gasteiger partial charge in [0, 0.05) is 13.6 Å². The Balaban J connectivity index is 2.12. The van der Waals surface area contributed by atoms with Crippen LogP contribution in [0.4, 0.5) is 5.69 Å². The zero-order chi connectivity index (χ0) is 17.7. The third-order valence-corrected chi connectivity index (χ3v) is 4.11. The van der Waals surface area contributed by atoms with E-state index in [2.05, 4.69) is 15.5 Å². The molecule has 6 nitrogen and oxygen atoms in total. The molecule has 2 aromatic rings. The lowest BCUT2D eigenvalue weighted by molar-refractivity contribution is 0.400. The number of nitrogens with one attached hydrogen (secondary N) is 2. The summed E-state index contributed by atoms with van der Waals surface area (Å²) in [5, 5.41) is 6.67. The SMILES string of the molecule is Cc1c(NC(=S)NCCCN(C)C)c(=O)n(-c2ccccc2)n1C. The highest BCUT2D eigenvalue weighted by Crippen LogP contribution is 2.13. The van der Waals surface area contributed by atoms with Gasteiger partial charge < -0.3 is 15.5 Å². The van der Waals surface area contributed by atoms with Crippen LogP contribution in [0.25, 0.3) is 5.69 Å². The van der Waals surface area contributed by atoms with Crippen molar-refractivity contribution in [1.82, 2.24) is 19.6 Å². The second-order valence-electron chi connectivity index (χ2n) is 5.97. The first-order valence-corrected chi connectivity index (χ1v) is 8.36. The van der Waals surface area contributed by atoms with E-state index in [4.69, 9.17) is 12.2 Å². The van der Waals surface area contributed by atoms with E-state index in [0.717, 1.165) is 30.9 Å². The number of anilines is 1. The first-order valence-electron chi connectivity index (χ1n) is 7.95. The molecule has 130 valence electrons. The highest BCUT2D eigenvalue weighted by atomic mass is 32.1. The Hall–Kier alpha value is -2.12. The lowest BCUT2D eigenvalue weighted by Gasteiger charge is -2.12. The van der Waals surface area contributed by atoms with Crippen LogP contribution in [0.3, 0.4) is 0 Å². The molecule has 0 radical (unpaired) electrons. The van der Waals surface area contributed by atoms with E-state index in [0.29, 0.717) is 10.8 Å². The topological polar surface area (TPSA) is 54.2 Å². The van der Waals surface area contributed by atoms with E-state index in [1.54, 1.807) is 4.68 Å². The monoisotopic (exact) mass is 347 g/mol. The molecule has 1 aromatic heterocycles. The van der Waals surface area contributed by atoms with Crippen molar-refractivity contribution < 1.29 is 0 Å². The quantitative estimate of drug-likeness (QED) is 0.616. The second kappa shape index (κ2) is 8.12. The van der Waals surface area contributed by atoms with Gasteiger partial charge in [-0.2, -0.15) is 0 Å². The molecular weight excluding hydrogens is 322 g/mol. The van der Waals surface area contributed by atoms with Crippen LogP contribution in [-0.2, 0) is 7.05 Å². The normalized spacial score (nSPS) is 10.9. The predicted molar refractivity (Wildman–Crippen MR) is 103 cm³/mol. The minimum absolute atomic E-state index is 0.112. The summed E-state index contributed by atoms with van der Waals surface area (Å²) in [5.41, 5.74) is 2.05. The number of hydrogen-bond donors (Lipinski definition) is 2. The number of para-hydroxylation sites is 1. The van der Waals surface area contributed by atoms with Crippen LogP contribution in [0.5, 0.6) is 0 Å². The molecule has 1 aromatic carbocycles. The van der Waals surface area contributed by atoms with Crippen LogP contribution in [0.15, 0.2) is 35.1 Å². The Morgan fingerprint density at radius 1 is 1.25 bits per heavy atom. The number of nitrogens with zero attached hydrogens (tertiary/aromatic N) is 3. The fourth-order valence-electron chi connectivity index (χ4n) is 2.47. The van der Waals surface area contributed by atoms with E-state index >= 15 is 0 Å². The van der Waals surface area contributed by atoms with Crippen LogP contribution in [-0.4, -0.2) is 46.6 Å². The van der Waals surface area contributed by atoms with Gasteiger partial charge in [-0.05, 0) is 58.3 Å². The summed E-state index contributed by atoms with van der Waals surface area (Å²) in [6.45, 7) is 3.65. The molecule has 1 heterocycles. The van der Waals surface area contributed by atoms with Crippen molar-refractivity contribution in [2.75, 3.05) is 32.5 Å². The highest BCUT2D eigenvalue weighted by molar-refractivity contribution is 7.80. The maximum Gasteiger partial charge on any atom is 0.295 e. The molecule has 0 aliphatic rings. The van der Waals surface area contributed by atoms with Gasteiger partial charge in [-0.15, -0.1) is 0 Å². The molecule has 0 saturated heterocycles. The molecule has 0 bridgehead atoms. The summed E-state index contributed by atoms with van der Waals surface area (Å²) in [6.07, 6.45) is 0.983. The second-order valence-corrected chi connectivity index (χ2v) is 6.38. The third kappa shape index (κ3) is 4.24. The summed E-state index contributed by atoms with van der Waals surface area (Å²) >= 11 is 5.31. The Kier molecular flexibility index (Phi) is 6.16. The van der Waals surface area contributed by atoms with Gasteiger partial charge in [-0.25, -0.2) is 4.68 Å².